The predicted octanol–water partition coefficient (Wildman–Crippen LogP) is 8.09. The Bertz CT molecular complexity index is 2060. The van der Waals surface area contributed by atoms with Crippen LogP contribution < -0.4 is 20.7 Å². The number of aliphatic hydroxyl groups excluding tert-OH is 3. The Morgan fingerprint density at radius 1 is 0.753 bits per heavy atom. The smallest absolute Gasteiger partial charge is 0.311 e. The maximum absolute atomic E-state index is 13.8. The number of hydrogen-bond acceptors (Lipinski definition) is 12. The average molecular weight is 1040 g/mol. The first kappa shape index (κ1) is 60.9. The molecular formula is C60H96N2O10P+. The minimum Gasteiger partial charge on any atom is -0.497 e. The predicted molar refractivity (Wildman–Crippen MR) is 297 cm³/mol. The summed E-state index contributed by atoms with van der Waals surface area (Å²) in [6.07, 6.45) is 3.79. The third-order valence-electron chi connectivity index (χ3n) is 16.4. The van der Waals surface area contributed by atoms with Crippen LogP contribution in [0.15, 0.2) is 72.8 Å². The van der Waals surface area contributed by atoms with Crippen LogP contribution in [0.4, 0.5) is 0 Å². The molecule has 0 aromatic heterocycles. The van der Waals surface area contributed by atoms with Crippen molar-refractivity contribution in [3.05, 3.63) is 83.9 Å². The highest BCUT2D eigenvalue weighted by Crippen LogP contribution is 2.56. The molecule has 0 aliphatic carbocycles. The molecule has 2 fully saturated rings. The summed E-state index contributed by atoms with van der Waals surface area (Å²) in [6.45, 7) is 19.7. The number of rotatable bonds is 19. The molecule has 2 aliphatic rings. The lowest BCUT2D eigenvalue weighted by Gasteiger charge is -2.46. The second kappa shape index (κ2) is 27.4. The highest BCUT2D eigenvalue weighted by molar-refractivity contribution is 7.95. The van der Waals surface area contributed by atoms with Gasteiger partial charge in [0.05, 0.1) is 43.1 Å². The number of aliphatic hydroxyl groups is 5. The molecule has 2 heterocycles. The van der Waals surface area contributed by atoms with Gasteiger partial charge < -0.3 is 49.4 Å². The van der Waals surface area contributed by atoms with Crippen molar-refractivity contribution >= 4 is 29.1 Å². The van der Waals surface area contributed by atoms with Crippen LogP contribution in [0.3, 0.4) is 0 Å². The van der Waals surface area contributed by atoms with Crippen LogP contribution in [-0.4, -0.2) is 148 Å². The van der Waals surface area contributed by atoms with E-state index in [0.717, 1.165) is 63.3 Å². The second-order valence-corrected chi connectivity index (χ2v) is 26.5. The summed E-state index contributed by atoms with van der Waals surface area (Å²) in [5.74, 6) is -1.88. The number of ether oxygens (including phenoxy) is 4. The molecular weight excluding hydrogens is 940 g/mol. The first-order chi connectivity index (χ1) is 34.5. The van der Waals surface area contributed by atoms with Gasteiger partial charge in [0.2, 0.25) is 0 Å². The van der Waals surface area contributed by atoms with Crippen molar-refractivity contribution < 1.29 is 49.3 Å². The molecule has 5 rings (SSSR count). The number of hydrogen-bond donors (Lipinski definition) is 5. The fourth-order valence-corrected chi connectivity index (χ4v) is 16.2. The normalized spacial score (nSPS) is 32.5. The molecule has 73 heavy (non-hydrogen) atoms. The van der Waals surface area contributed by atoms with Crippen LogP contribution in [0.1, 0.15) is 137 Å². The fraction of sp³-hybridized carbons (Fsp3) is 0.683. The van der Waals surface area contributed by atoms with Gasteiger partial charge >= 0.3 is 5.97 Å². The summed E-state index contributed by atoms with van der Waals surface area (Å²) in [7, 11) is 3.56. The standard InChI is InChI=1S/C60H96N2O10P/c1-14-52-60(10,68)55(65)46(8)62(39-42(4)38-59(9,67)56(44(6)53(63)45(7)57(66)71-52)72-58-54(64)51(61(11)12)37-43(5)70-58)35-21-19-17-15-16-18-20-22-36-73(48-29-23-40(2)24-30-48,49-31-25-41(3)26-32-49)50-33-27-47(69-13)28-34-50/h23-34,42-46,51-56,58,63-65,67-68H,14-22,35-39H2,1-13H3/q+1/t42-,43-,44+,45-,46-,51+,52-,53+,54-,55-,56-,58+,59-,60-/m1/s1. The Morgan fingerprint density at radius 3 is 1.77 bits per heavy atom. The van der Waals surface area contributed by atoms with Crippen molar-refractivity contribution in [3.63, 3.8) is 0 Å². The summed E-state index contributed by atoms with van der Waals surface area (Å²) in [6, 6.07) is 26.4. The second-order valence-electron chi connectivity index (χ2n) is 22.9. The van der Waals surface area contributed by atoms with Crippen molar-refractivity contribution in [2.45, 2.75) is 206 Å². The number of nitrogens with zero attached hydrogens (tertiary/aromatic N) is 2. The van der Waals surface area contributed by atoms with E-state index in [2.05, 4.69) is 98.5 Å². The number of likely N-dealkylation sites (N-methyl/N-ethyl adjacent to an activating group) is 1. The van der Waals surface area contributed by atoms with Crippen LogP contribution in [0, 0.1) is 31.6 Å². The molecule has 410 valence electrons. The maximum atomic E-state index is 13.8. The van der Waals surface area contributed by atoms with Gasteiger partial charge in [-0.1, -0.05) is 88.3 Å². The Balaban J connectivity index is 1.26. The number of methoxy groups -OCH3 is 1. The van der Waals surface area contributed by atoms with Crippen LogP contribution in [0.25, 0.3) is 0 Å². The minimum atomic E-state index is -1.96. The van der Waals surface area contributed by atoms with Crippen LogP contribution in [0.5, 0.6) is 5.75 Å². The molecule has 0 spiro atoms. The van der Waals surface area contributed by atoms with E-state index in [1.165, 1.54) is 34.0 Å². The SMILES string of the molecule is CC[C@H]1OC(=O)[C@H](C)[C@@H](O)[C@H](C)[C@@H](O[C@@H]2O[C@H](C)C[C@H](N(C)C)[C@H]2O)[C@](C)(O)C[C@@H](C)CN(CCCCCCCCCC[P+](c2ccc(C)cc2)(c2ccc(C)cc2)c2ccc(OC)cc2)[C@H](C)[C@@H](O)[C@]1(C)O. The maximum Gasteiger partial charge on any atom is 0.311 e. The molecule has 0 unspecified atom stereocenters. The van der Waals surface area contributed by atoms with Crippen LogP contribution in [-0.2, 0) is 19.0 Å². The lowest BCUT2D eigenvalue weighted by atomic mass is 9.78. The third-order valence-corrected chi connectivity index (χ3v) is 21.0. The van der Waals surface area contributed by atoms with Gasteiger partial charge in [0.25, 0.3) is 0 Å². The number of benzene rings is 3. The van der Waals surface area contributed by atoms with Gasteiger partial charge in [-0.2, -0.15) is 0 Å². The molecule has 5 N–H and O–H groups in total. The van der Waals surface area contributed by atoms with Gasteiger partial charge in [-0.3, -0.25) is 9.69 Å². The zero-order chi connectivity index (χ0) is 53.8. The molecule has 0 bridgehead atoms. The quantitative estimate of drug-likeness (QED) is 0.0447. The Kier molecular flexibility index (Phi) is 22.8. The van der Waals surface area contributed by atoms with Gasteiger partial charge in [0.1, 0.15) is 52.8 Å². The molecule has 3 aromatic rings. The zero-order valence-corrected chi connectivity index (χ0v) is 47.8. The fourth-order valence-electron chi connectivity index (χ4n) is 11.9. The minimum absolute atomic E-state index is 0.138. The first-order valence-corrected chi connectivity index (χ1v) is 29.5. The summed E-state index contributed by atoms with van der Waals surface area (Å²) in [5, 5.41) is 64.0. The summed E-state index contributed by atoms with van der Waals surface area (Å²) >= 11 is 0. The van der Waals surface area contributed by atoms with E-state index in [-0.39, 0.29) is 30.9 Å². The molecule has 0 saturated carbocycles. The van der Waals surface area contributed by atoms with Crippen molar-refractivity contribution in [2.24, 2.45) is 17.8 Å². The molecule has 2 saturated heterocycles. The Morgan fingerprint density at radius 2 is 1.26 bits per heavy atom. The monoisotopic (exact) mass is 1040 g/mol. The van der Waals surface area contributed by atoms with Gasteiger partial charge in [-0.15, -0.1) is 0 Å². The summed E-state index contributed by atoms with van der Waals surface area (Å²) in [5.41, 5.74) is -0.831. The number of carbonyl (C=O) groups is 1. The summed E-state index contributed by atoms with van der Waals surface area (Å²) < 4.78 is 24.3. The van der Waals surface area contributed by atoms with Crippen molar-refractivity contribution in [3.8, 4) is 5.75 Å². The van der Waals surface area contributed by atoms with Gasteiger partial charge in [0, 0.05) is 24.5 Å². The van der Waals surface area contributed by atoms with Crippen LogP contribution in [0.2, 0.25) is 0 Å². The number of cyclic esters (lactones) is 1. The van der Waals surface area contributed by atoms with Crippen molar-refractivity contribution in [2.75, 3.05) is 40.5 Å². The molecule has 0 amide bonds. The Labute approximate surface area is 440 Å². The van der Waals surface area contributed by atoms with Gasteiger partial charge in [0.15, 0.2) is 6.29 Å². The molecule has 2 aliphatic heterocycles. The zero-order valence-electron chi connectivity index (χ0n) is 46.9. The lowest BCUT2D eigenvalue weighted by molar-refractivity contribution is -0.299. The molecule has 0 radical (unpaired) electrons. The highest BCUT2D eigenvalue weighted by atomic mass is 31.2. The molecule has 13 heteroatoms. The van der Waals surface area contributed by atoms with E-state index < -0.39 is 79.1 Å². The number of esters is 1. The van der Waals surface area contributed by atoms with Crippen molar-refractivity contribution in [1.82, 2.24) is 9.80 Å². The van der Waals surface area contributed by atoms with E-state index in [4.69, 9.17) is 18.9 Å². The van der Waals surface area contributed by atoms with E-state index in [9.17, 15) is 30.3 Å². The largest absolute Gasteiger partial charge is 0.497 e. The van der Waals surface area contributed by atoms with Gasteiger partial charge in [-0.05, 0) is 162 Å². The first-order valence-electron chi connectivity index (χ1n) is 27.6. The topological polar surface area (TPSA) is 162 Å². The van der Waals surface area contributed by atoms with E-state index >= 15 is 0 Å². The molecule has 14 atom stereocenters. The highest BCUT2D eigenvalue weighted by Gasteiger charge is 2.50. The van der Waals surface area contributed by atoms with E-state index in [1.54, 1.807) is 34.8 Å². The van der Waals surface area contributed by atoms with Crippen molar-refractivity contribution in [1.29, 1.82) is 0 Å². The van der Waals surface area contributed by atoms with Crippen LogP contribution >= 0.6 is 7.26 Å². The Hall–Kier alpha value is -3.00. The number of unbranched alkanes of at least 4 members (excludes halogenated alkanes) is 7. The van der Waals surface area contributed by atoms with E-state index in [1.807, 2.05) is 32.8 Å². The summed E-state index contributed by atoms with van der Waals surface area (Å²) in [4.78, 5) is 18.0. The van der Waals surface area contributed by atoms with Gasteiger partial charge in [-0.25, -0.2) is 0 Å². The van der Waals surface area contributed by atoms with E-state index in [0.29, 0.717) is 19.5 Å². The average Bonchev–Trinajstić information content (AvgIpc) is 3.35. The lowest BCUT2D eigenvalue weighted by Crippen LogP contribution is -2.59. The third kappa shape index (κ3) is 15.4. The number of carbonyl (C=O) groups excluding carboxylic acids is 1. The molecule has 12 nitrogen and oxygen atoms in total. The molecule has 3 aromatic carbocycles. The number of aryl methyl sites for hydroxylation is 2.